The summed E-state index contributed by atoms with van der Waals surface area (Å²) in [5.41, 5.74) is 0. The van der Waals surface area contributed by atoms with Gasteiger partial charge in [-0.3, -0.25) is 4.79 Å². The Morgan fingerprint density at radius 2 is 1.89 bits per heavy atom. The van der Waals surface area contributed by atoms with Gasteiger partial charge in [-0.25, -0.2) is 0 Å². The molecule has 1 aliphatic carbocycles. The monoisotopic (exact) mass is 253 g/mol. The average molecular weight is 253 g/mol. The summed E-state index contributed by atoms with van der Waals surface area (Å²) in [5.74, 6) is 0.717. The van der Waals surface area contributed by atoms with Crippen LogP contribution >= 0.6 is 0 Å². The first-order chi connectivity index (χ1) is 8.72. The van der Waals surface area contributed by atoms with Gasteiger partial charge in [0.15, 0.2) is 0 Å². The van der Waals surface area contributed by atoms with Crippen molar-refractivity contribution in [3.8, 4) is 0 Å². The number of methoxy groups -OCH3 is 1. The summed E-state index contributed by atoms with van der Waals surface area (Å²) in [6, 6.07) is 0.730. The van der Waals surface area contributed by atoms with Gasteiger partial charge >= 0.3 is 5.97 Å². The quantitative estimate of drug-likeness (QED) is 0.722. The average Bonchev–Trinajstić information content (AvgIpc) is 2.92. The number of carbonyl (C=O) groups excluding carboxylic acids is 1. The van der Waals surface area contributed by atoms with Gasteiger partial charge in [0.2, 0.25) is 0 Å². The molecule has 3 heteroatoms. The van der Waals surface area contributed by atoms with Crippen molar-refractivity contribution in [2.24, 2.45) is 11.8 Å². The highest BCUT2D eigenvalue weighted by molar-refractivity contribution is 5.71. The third kappa shape index (κ3) is 3.25. The van der Waals surface area contributed by atoms with E-state index in [4.69, 9.17) is 4.74 Å². The Balaban J connectivity index is 1.92. The Hall–Kier alpha value is -0.570. The van der Waals surface area contributed by atoms with Crippen molar-refractivity contribution in [3.63, 3.8) is 0 Å². The number of hydrogen-bond donors (Lipinski definition) is 0. The fraction of sp³-hybridized carbons (Fsp3) is 0.933. The number of carbonyl (C=O) groups is 1. The molecule has 2 aliphatic rings. The van der Waals surface area contributed by atoms with Gasteiger partial charge in [-0.15, -0.1) is 0 Å². The molecule has 2 fully saturated rings. The zero-order valence-corrected chi connectivity index (χ0v) is 11.9. The van der Waals surface area contributed by atoms with Gasteiger partial charge in [-0.2, -0.15) is 0 Å². The summed E-state index contributed by atoms with van der Waals surface area (Å²) in [4.78, 5) is 14.3. The van der Waals surface area contributed by atoms with E-state index in [0.29, 0.717) is 5.92 Å². The Morgan fingerprint density at radius 1 is 1.22 bits per heavy atom. The fourth-order valence-electron chi connectivity index (χ4n) is 3.77. The van der Waals surface area contributed by atoms with E-state index >= 15 is 0 Å². The van der Waals surface area contributed by atoms with Crippen LogP contribution in [0.5, 0.6) is 0 Å². The van der Waals surface area contributed by atoms with Crippen molar-refractivity contribution in [1.82, 2.24) is 4.90 Å². The molecule has 1 heterocycles. The van der Waals surface area contributed by atoms with Gasteiger partial charge in [0.25, 0.3) is 0 Å². The SMILES string of the molecule is COC(=O)C(C)CC1CCCCC1N1CCCC1. The van der Waals surface area contributed by atoms with Crippen LogP contribution in [0.3, 0.4) is 0 Å². The summed E-state index contributed by atoms with van der Waals surface area (Å²) in [6.07, 6.45) is 9.05. The van der Waals surface area contributed by atoms with E-state index in [-0.39, 0.29) is 11.9 Å². The van der Waals surface area contributed by atoms with Crippen molar-refractivity contribution in [2.75, 3.05) is 20.2 Å². The molecule has 18 heavy (non-hydrogen) atoms. The van der Waals surface area contributed by atoms with E-state index in [1.807, 2.05) is 6.92 Å². The molecular weight excluding hydrogens is 226 g/mol. The molecule has 1 saturated carbocycles. The minimum atomic E-state index is -0.0410. The first kappa shape index (κ1) is 13.9. The molecule has 0 spiro atoms. The Bertz CT molecular complexity index is 274. The number of nitrogens with zero attached hydrogens (tertiary/aromatic N) is 1. The number of ether oxygens (including phenoxy) is 1. The molecule has 1 saturated heterocycles. The molecule has 2 rings (SSSR count). The van der Waals surface area contributed by atoms with Crippen LogP contribution in [0, 0.1) is 11.8 Å². The van der Waals surface area contributed by atoms with Gasteiger partial charge < -0.3 is 9.64 Å². The van der Waals surface area contributed by atoms with Crippen molar-refractivity contribution in [3.05, 3.63) is 0 Å². The second-order valence-corrected chi connectivity index (χ2v) is 6.01. The molecule has 0 bridgehead atoms. The Labute approximate surface area is 111 Å². The molecule has 1 aliphatic heterocycles. The summed E-state index contributed by atoms with van der Waals surface area (Å²) in [7, 11) is 1.50. The van der Waals surface area contributed by atoms with E-state index in [9.17, 15) is 4.79 Å². The first-order valence-corrected chi connectivity index (χ1v) is 7.54. The van der Waals surface area contributed by atoms with Crippen LogP contribution in [0.1, 0.15) is 51.9 Å². The lowest BCUT2D eigenvalue weighted by atomic mass is 9.78. The maximum Gasteiger partial charge on any atom is 0.308 e. The van der Waals surface area contributed by atoms with Crippen LogP contribution in [0.4, 0.5) is 0 Å². The van der Waals surface area contributed by atoms with Crippen molar-refractivity contribution >= 4 is 5.97 Å². The molecule has 0 radical (unpaired) electrons. The molecule has 0 aromatic carbocycles. The molecule has 0 aromatic rings. The van der Waals surface area contributed by atoms with E-state index in [0.717, 1.165) is 12.5 Å². The van der Waals surface area contributed by atoms with Crippen molar-refractivity contribution < 1.29 is 9.53 Å². The van der Waals surface area contributed by atoms with Crippen LogP contribution < -0.4 is 0 Å². The Morgan fingerprint density at radius 3 is 2.56 bits per heavy atom. The zero-order valence-electron chi connectivity index (χ0n) is 11.9. The minimum Gasteiger partial charge on any atom is -0.469 e. The van der Waals surface area contributed by atoms with E-state index in [1.165, 1.54) is 58.7 Å². The third-order valence-electron chi connectivity index (χ3n) is 4.74. The number of hydrogen-bond acceptors (Lipinski definition) is 3. The molecule has 104 valence electrons. The summed E-state index contributed by atoms with van der Waals surface area (Å²) in [5, 5.41) is 0. The van der Waals surface area contributed by atoms with E-state index in [2.05, 4.69) is 4.90 Å². The van der Waals surface area contributed by atoms with Gasteiger partial charge in [0, 0.05) is 6.04 Å². The Kier molecular flexibility index (Phi) is 5.04. The maximum atomic E-state index is 11.6. The third-order valence-corrected chi connectivity index (χ3v) is 4.74. The molecule has 3 nitrogen and oxygen atoms in total. The van der Waals surface area contributed by atoms with Gasteiger partial charge in [-0.1, -0.05) is 19.8 Å². The summed E-state index contributed by atoms with van der Waals surface area (Å²) in [6.45, 7) is 4.56. The highest BCUT2D eigenvalue weighted by atomic mass is 16.5. The largest absolute Gasteiger partial charge is 0.469 e. The zero-order chi connectivity index (χ0) is 13.0. The van der Waals surface area contributed by atoms with Crippen LogP contribution in [0.2, 0.25) is 0 Å². The molecule has 3 atom stereocenters. The highest BCUT2D eigenvalue weighted by Gasteiger charge is 2.33. The van der Waals surface area contributed by atoms with Crippen molar-refractivity contribution in [2.45, 2.75) is 57.9 Å². The first-order valence-electron chi connectivity index (χ1n) is 7.54. The van der Waals surface area contributed by atoms with E-state index < -0.39 is 0 Å². The highest BCUT2D eigenvalue weighted by Crippen LogP contribution is 2.34. The number of likely N-dealkylation sites (tertiary alicyclic amines) is 1. The second-order valence-electron chi connectivity index (χ2n) is 6.01. The molecule has 3 unspecified atom stereocenters. The van der Waals surface area contributed by atoms with Crippen LogP contribution in [0.25, 0.3) is 0 Å². The van der Waals surface area contributed by atoms with Crippen LogP contribution in [-0.2, 0) is 9.53 Å². The lowest BCUT2D eigenvalue weighted by molar-refractivity contribution is -0.145. The summed E-state index contributed by atoms with van der Waals surface area (Å²) >= 11 is 0. The molecule has 0 amide bonds. The normalized spacial score (nSPS) is 31.2. The van der Waals surface area contributed by atoms with Gasteiger partial charge in [0.1, 0.15) is 0 Å². The maximum absolute atomic E-state index is 11.6. The predicted octanol–water partition coefficient (Wildman–Crippen LogP) is 2.84. The second kappa shape index (κ2) is 6.55. The van der Waals surface area contributed by atoms with Crippen molar-refractivity contribution in [1.29, 1.82) is 0 Å². The lowest BCUT2D eigenvalue weighted by Crippen LogP contribution is -2.41. The van der Waals surface area contributed by atoms with Crippen LogP contribution in [-0.4, -0.2) is 37.1 Å². The molecular formula is C15H27NO2. The molecule has 0 aromatic heterocycles. The van der Waals surface area contributed by atoms with E-state index in [1.54, 1.807) is 0 Å². The minimum absolute atomic E-state index is 0.0410. The number of esters is 1. The molecule has 0 N–H and O–H groups in total. The van der Waals surface area contributed by atoms with Crippen LogP contribution in [0.15, 0.2) is 0 Å². The predicted molar refractivity (Wildman–Crippen MR) is 72.4 cm³/mol. The fourth-order valence-corrected chi connectivity index (χ4v) is 3.77. The smallest absolute Gasteiger partial charge is 0.308 e. The standard InChI is InChI=1S/C15H27NO2/c1-12(15(17)18-2)11-13-7-3-4-8-14(13)16-9-5-6-10-16/h12-14H,3-11H2,1-2H3. The number of rotatable bonds is 4. The van der Waals surface area contributed by atoms with Gasteiger partial charge in [-0.05, 0) is 51.1 Å². The summed E-state index contributed by atoms with van der Waals surface area (Å²) < 4.78 is 4.86. The topological polar surface area (TPSA) is 29.5 Å². The van der Waals surface area contributed by atoms with Gasteiger partial charge in [0.05, 0.1) is 13.0 Å². The lowest BCUT2D eigenvalue weighted by Gasteiger charge is -2.38.